The molecule has 0 aromatic heterocycles. The van der Waals surface area contributed by atoms with Crippen molar-refractivity contribution in [2.75, 3.05) is 0 Å². The number of carboxylic acid groups (broad SMARTS) is 1. The highest BCUT2D eigenvalue weighted by Gasteiger charge is 2.32. The highest BCUT2D eigenvalue weighted by atomic mass is 16.5. The topological polar surface area (TPSA) is 63.6 Å². The van der Waals surface area contributed by atoms with Crippen molar-refractivity contribution in [2.45, 2.75) is 38.7 Å². The van der Waals surface area contributed by atoms with E-state index in [0.29, 0.717) is 11.3 Å². The summed E-state index contributed by atoms with van der Waals surface area (Å²) in [5.74, 6) is -0.898. The number of ether oxygens (including phenoxy) is 1. The van der Waals surface area contributed by atoms with Gasteiger partial charge in [-0.3, -0.25) is 4.79 Å². The average molecular weight is 248 g/mol. The zero-order chi connectivity index (χ0) is 13.5. The molecule has 1 heterocycles. The summed E-state index contributed by atoms with van der Waals surface area (Å²) < 4.78 is 5.38. The van der Waals surface area contributed by atoms with Gasteiger partial charge >= 0.3 is 5.97 Å². The van der Waals surface area contributed by atoms with Crippen molar-refractivity contribution in [3.05, 3.63) is 29.3 Å². The highest BCUT2D eigenvalue weighted by molar-refractivity contribution is 6.02. The molecular formula is C14H16O4. The summed E-state index contributed by atoms with van der Waals surface area (Å²) in [6.45, 7) is 6.15. The van der Waals surface area contributed by atoms with E-state index < -0.39 is 12.1 Å². The standard InChI is InChI=1S/C14H16O4/c1-14(2,3)8-4-5-9-10(15)7-12(13(16)17)18-11(9)6-8/h4-6,12H,7H2,1-3H3,(H,16,17). The second kappa shape index (κ2) is 4.12. The van der Waals surface area contributed by atoms with Gasteiger partial charge < -0.3 is 9.84 Å². The first-order valence-corrected chi connectivity index (χ1v) is 5.86. The molecule has 96 valence electrons. The van der Waals surface area contributed by atoms with Gasteiger partial charge in [0.1, 0.15) is 5.75 Å². The van der Waals surface area contributed by atoms with Crippen LogP contribution < -0.4 is 4.74 Å². The maximum absolute atomic E-state index is 11.8. The third kappa shape index (κ3) is 2.23. The van der Waals surface area contributed by atoms with Crippen molar-refractivity contribution in [3.8, 4) is 5.75 Å². The quantitative estimate of drug-likeness (QED) is 0.828. The van der Waals surface area contributed by atoms with Gasteiger partial charge in [0.05, 0.1) is 12.0 Å². The Morgan fingerprint density at radius 2 is 2.06 bits per heavy atom. The van der Waals surface area contributed by atoms with Gasteiger partial charge in [0.25, 0.3) is 0 Å². The van der Waals surface area contributed by atoms with Crippen LogP contribution in [0.2, 0.25) is 0 Å². The average Bonchev–Trinajstić information content (AvgIpc) is 2.26. The minimum atomic E-state index is -1.10. The summed E-state index contributed by atoms with van der Waals surface area (Å²) in [5.41, 5.74) is 1.41. The smallest absolute Gasteiger partial charge is 0.345 e. The van der Waals surface area contributed by atoms with Crippen LogP contribution in [0.4, 0.5) is 0 Å². The lowest BCUT2D eigenvalue weighted by Crippen LogP contribution is -2.34. The van der Waals surface area contributed by atoms with E-state index in [9.17, 15) is 9.59 Å². The molecule has 0 radical (unpaired) electrons. The van der Waals surface area contributed by atoms with Crippen molar-refractivity contribution in [2.24, 2.45) is 0 Å². The first-order chi connectivity index (χ1) is 8.29. The molecule has 2 rings (SSSR count). The van der Waals surface area contributed by atoms with Crippen LogP contribution in [0, 0.1) is 0 Å². The molecule has 1 atom stereocenters. The monoisotopic (exact) mass is 248 g/mol. The lowest BCUT2D eigenvalue weighted by molar-refractivity contribution is -0.145. The molecule has 0 bridgehead atoms. The Bertz CT molecular complexity index is 511. The maximum atomic E-state index is 11.8. The normalized spacial score (nSPS) is 19.1. The third-order valence-corrected chi connectivity index (χ3v) is 3.06. The lowest BCUT2D eigenvalue weighted by atomic mass is 9.85. The van der Waals surface area contributed by atoms with Crippen LogP contribution in [-0.4, -0.2) is 23.0 Å². The summed E-state index contributed by atoms with van der Waals surface area (Å²) in [6.07, 6.45) is -1.17. The Kier molecular flexibility index (Phi) is 2.89. The second-order valence-electron chi connectivity index (χ2n) is 5.53. The molecule has 0 spiro atoms. The summed E-state index contributed by atoms with van der Waals surface area (Å²) in [5, 5.41) is 8.93. The van der Waals surface area contributed by atoms with Crippen molar-refractivity contribution in [1.29, 1.82) is 0 Å². The molecule has 1 N–H and O–H groups in total. The number of carbonyl (C=O) groups is 2. The Morgan fingerprint density at radius 1 is 1.39 bits per heavy atom. The molecule has 0 saturated heterocycles. The molecule has 0 saturated carbocycles. The molecule has 1 aromatic carbocycles. The Balaban J connectivity index is 2.43. The van der Waals surface area contributed by atoms with E-state index >= 15 is 0 Å². The van der Waals surface area contributed by atoms with E-state index in [1.54, 1.807) is 12.1 Å². The summed E-state index contributed by atoms with van der Waals surface area (Å²) in [6, 6.07) is 5.37. The van der Waals surface area contributed by atoms with E-state index in [2.05, 4.69) is 0 Å². The predicted octanol–water partition coefficient (Wildman–Crippen LogP) is 2.40. The molecular weight excluding hydrogens is 232 g/mol. The van der Waals surface area contributed by atoms with Gasteiger partial charge in [0, 0.05) is 0 Å². The molecule has 18 heavy (non-hydrogen) atoms. The Hall–Kier alpha value is -1.84. The van der Waals surface area contributed by atoms with Crippen molar-refractivity contribution in [3.63, 3.8) is 0 Å². The van der Waals surface area contributed by atoms with Gasteiger partial charge in [-0.05, 0) is 23.1 Å². The van der Waals surface area contributed by atoms with Gasteiger partial charge in [-0.2, -0.15) is 0 Å². The summed E-state index contributed by atoms with van der Waals surface area (Å²) in [4.78, 5) is 22.7. The fourth-order valence-electron chi connectivity index (χ4n) is 1.93. The Morgan fingerprint density at radius 3 is 2.61 bits per heavy atom. The number of aliphatic carboxylic acids is 1. The molecule has 0 amide bonds. The zero-order valence-corrected chi connectivity index (χ0v) is 10.7. The predicted molar refractivity (Wildman–Crippen MR) is 66.1 cm³/mol. The SMILES string of the molecule is CC(C)(C)c1ccc2c(c1)OC(C(=O)O)CC2=O. The van der Waals surface area contributed by atoms with E-state index in [0.717, 1.165) is 5.56 Å². The number of carbonyl (C=O) groups excluding carboxylic acids is 1. The van der Waals surface area contributed by atoms with Crippen LogP contribution in [0.15, 0.2) is 18.2 Å². The highest BCUT2D eigenvalue weighted by Crippen LogP contribution is 2.33. The van der Waals surface area contributed by atoms with Crippen LogP contribution in [0.3, 0.4) is 0 Å². The number of rotatable bonds is 1. The first kappa shape index (κ1) is 12.6. The summed E-state index contributed by atoms with van der Waals surface area (Å²) >= 11 is 0. The maximum Gasteiger partial charge on any atom is 0.345 e. The zero-order valence-electron chi connectivity index (χ0n) is 10.7. The van der Waals surface area contributed by atoms with E-state index in [4.69, 9.17) is 9.84 Å². The number of hydrogen-bond acceptors (Lipinski definition) is 3. The molecule has 1 aliphatic rings. The minimum Gasteiger partial charge on any atom is -0.478 e. The number of fused-ring (bicyclic) bond motifs is 1. The fraction of sp³-hybridized carbons (Fsp3) is 0.429. The number of benzene rings is 1. The molecule has 0 fully saturated rings. The number of carboxylic acids is 1. The second-order valence-corrected chi connectivity index (χ2v) is 5.53. The number of hydrogen-bond donors (Lipinski definition) is 1. The molecule has 4 nitrogen and oxygen atoms in total. The minimum absolute atomic E-state index is 0.0718. The van der Waals surface area contributed by atoms with Gasteiger partial charge in [-0.1, -0.05) is 26.8 Å². The number of Topliss-reactive ketones (excluding diaryl/α,β-unsaturated/α-hetero) is 1. The van der Waals surface area contributed by atoms with Crippen molar-refractivity contribution < 1.29 is 19.4 Å². The largest absolute Gasteiger partial charge is 0.478 e. The fourth-order valence-corrected chi connectivity index (χ4v) is 1.93. The molecule has 1 unspecified atom stereocenters. The third-order valence-electron chi connectivity index (χ3n) is 3.06. The van der Waals surface area contributed by atoms with Gasteiger partial charge in [-0.25, -0.2) is 4.79 Å². The van der Waals surface area contributed by atoms with Crippen LogP contribution in [0.5, 0.6) is 5.75 Å². The van der Waals surface area contributed by atoms with Crippen LogP contribution in [-0.2, 0) is 10.2 Å². The summed E-state index contributed by atoms with van der Waals surface area (Å²) in [7, 11) is 0. The van der Waals surface area contributed by atoms with E-state index in [1.165, 1.54) is 0 Å². The first-order valence-electron chi connectivity index (χ1n) is 5.86. The van der Waals surface area contributed by atoms with E-state index in [-0.39, 0.29) is 17.6 Å². The van der Waals surface area contributed by atoms with Crippen molar-refractivity contribution in [1.82, 2.24) is 0 Å². The van der Waals surface area contributed by atoms with Gasteiger partial charge in [0.15, 0.2) is 5.78 Å². The Labute approximate surface area is 106 Å². The van der Waals surface area contributed by atoms with Crippen LogP contribution in [0.25, 0.3) is 0 Å². The van der Waals surface area contributed by atoms with Gasteiger partial charge in [0.2, 0.25) is 6.10 Å². The molecule has 1 aromatic rings. The van der Waals surface area contributed by atoms with Crippen LogP contribution in [0.1, 0.15) is 43.1 Å². The van der Waals surface area contributed by atoms with Gasteiger partial charge in [-0.15, -0.1) is 0 Å². The number of ketones is 1. The van der Waals surface area contributed by atoms with E-state index in [1.807, 2.05) is 26.8 Å². The molecule has 1 aliphatic heterocycles. The molecule has 4 heteroatoms. The van der Waals surface area contributed by atoms with Crippen LogP contribution >= 0.6 is 0 Å². The van der Waals surface area contributed by atoms with Crippen molar-refractivity contribution >= 4 is 11.8 Å². The molecule has 0 aliphatic carbocycles. The lowest BCUT2D eigenvalue weighted by Gasteiger charge is -2.25.